The number of amides is 1. The lowest BCUT2D eigenvalue weighted by molar-refractivity contribution is -0.120. The molecule has 1 amide bonds. The molecule has 0 unspecified atom stereocenters. The highest BCUT2D eigenvalue weighted by atomic mass is 16.1. The number of rotatable bonds is 1. The lowest BCUT2D eigenvalue weighted by atomic mass is 10.2. The fourth-order valence-corrected chi connectivity index (χ4v) is 0.603. The van der Waals surface area contributed by atoms with Crippen molar-refractivity contribution in [2.45, 2.75) is 0 Å². The zero-order valence-electron chi connectivity index (χ0n) is 4.42. The maximum Gasteiger partial charge on any atom is 0.234 e. The molecule has 0 aromatic heterocycles. The van der Waals surface area contributed by atoms with E-state index < -0.39 is 0 Å². The van der Waals surface area contributed by atoms with Crippen molar-refractivity contribution < 1.29 is 4.79 Å². The molecule has 0 spiro atoms. The number of hydrogen-bond donors (Lipinski definition) is 1. The van der Waals surface area contributed by atoms with E-state index in [2.05, 4.69) is 11.9 Å². The summed E-state index contributed by atoms with van der Waals surface area (Å²) in [7, 11) is 0. The standard InChI is InChI=1S/C6H7NO/c1-2-5-3-4-7-6(5)8/h2-5H,1H2,(H,7,8)/t5-/m1/s1. The van der Waals surface area contributed by atoms with E-state index in [4.69, 9.17) is 0 Å². The summed E-state index contributed by atoms with van der Waals surface area (Å²) < 4.78 is 0. The van der Waals surface area contributed by atoms with Crippen LogP contribution in [0.1, 0.15) is 0 Å². The second-order valence-electron chi connectivity index (χ2n) is 1.63. The Morgan fingerprint density at radius 3 is 2.88 bits per heavy atom. The summed E-state index contributed by atoms with van der Waals surface area (Å²) in [5, 5.41) is 2.53. The third kappa shape index (κ3) is 0.644. The molecule has 2 heteroatoms. The van der Waals surface area contributed by atoms with Crippen LogP contribution in [0.3, 0.4) is 0 Å². The molecule has 1 rings (SSSR count). The van der Waals surface area contributed by atoms with E-state index in [1.165, 1.54) is 0 Å². The van der Waals surface area contributed by atoms with Gasteiger partial charge in [0.25, 0.3) is 0 Å². The van der Waals surface area contributed by atoms with E-state index in [9.17, 15) is 4.79 Å². The van der Waals surface area contributed by atoms with E-state index in [1.807, 2.05) is 0 Å². The van der Waals surface area contributed by atoms with Crippen LogP contribution >= 0.6 is 0 Å². The fraction of sp³-hybridized carbons (Fsp3) is 0.167. The molecule has 0 bridgehead atoms. The molecule has 0 aromatic rings. The van der Waals surface area contributed by atoms with Crippen molar-refractivity contribution in [3.63, 3.8) is 0 Å². The van der Waals surface area contributed by atoms with Gasteiger partial charge in [-0.25, -0.2) is 0 Å². The Labute approximate surface area is 47.9 Å². The van der Waals surface area contributed by atoms with Crippen LogP contribution in [-0.2, 0) is 4.79 Å². The van der Waals surface area contributed by atoms with Crippen molar-refractivity contribution in [3.8, 4) is 0 Å². The minimum absolute atomic E-state index is 0.0139. The average molecular weight is 109 g/mol. The summed E-state index contributed by atoms with van der Waals surface area (Å²) in [4.78, 5) is 10.6. The second-order valence-corrected chi connectivity index (χ2v) is 1.63. The maximum absolute atomic E-state index is 10.6. The van der Waals surface area contributed by atoms with Gasteiger partial charge in [-0.3, -0.25) is 4.79 Å². The molecule has 1 aliphatic heterocycles. The highest BCUT2D eigenvalue weighted by Crippen LogP contribution is 2.04. The van der Waals surface area contributed by atoms with Crippen LogP contribution in [0.25, 0.3) is 0 Å². The SMILES string of the molecule is C=C[C@@H]1C=CNC1=O. The lowest BCUT2D eigenvalue weighted by Gasteiger charge is -1.93. The van der Waals surface area contributed by atoms with Gasteiger partial charge in [-0.15, -0.1) is 6.58 Å². The molecule has 0 saturated carbocycles. The van der Waals surface area contributed by atoms with Gasteiger partial charge in [0, 0.05) is 6.20 Å². The summed E-state index contributed by atoms with van der Waals surface area (Å²) in [6.45, 7) is 3.48. The van der Waals surface area contributed by atoms with E-state index in [1.54, 1.807) is 18.4 Å². The monoisotopic (exact) mass is 109 g/mol. The Kier molecular flexibility index (Phi) is 1.16. The zero-order valence-corrected chi connectivity index (χ0v) is 4.42. The maximum atomic E-state index is 10.6. The molecule has 1 aliphatic rings. The van der Waals surface area contributed by atoms with Gasteiger partial charge in [-0.1, -0.05) is 12.2 Å². The van der Waals surface area contributed by atoms with Gasteiger partial charge in [0.1, 0.15) is 0 Å². The highest BCUT2D eigenvalue weighted by Gasteiger charge is 2.13. The van der Waals surface area contributed by atoms with Crippen molar-refractivity contribution in [3.05, 3.63) is 24.9 Å². The van der Waals surface area contributed by atoms with Gasteiger partial charge in [-0.05, 0) is 0 Å². The first-order chi connectivity index (χ1) is 3.84. The van der Waals surface area contributed by atoms with Crippen LogP contribution in [0.15, 0.2) is 24.9 Å². The number of carbonyl (C=O) groups excluding carboxylic acids is 1. The van der Waals surface area contributed by atoms with E-state index >= 15 is 0 Å². The lowest BCUT2D eigenvalue weighted by Crippen LogP contribution is -2.16. The fourth-order valence-electron chi connectivity index (χ4n) is 0.603. The van der Waals surface area contributed by atoms with Crippen LogP contribution in [0.5, 0.6) is 0 Å². The molecule has 42 valence electrons. The smallest absolute Gasteiger partial charge is 0.234 e. The Bertz CT molecular complexity index is 149. The van der Waals surface area contributed by atoms with Gasteiger partial charge in [-0.2, -0.15) is 0 Å². The summed E-state index contributed by atoms with van der Waals surface area (Å²) in [5.74, 6) is -0.0880. The van der Waals surface area contributed by atoms with Crippen LogP contribution in [-0.4, -0.2) is 5.91 Å². The Morgan fingerprint density at radius 1 is 1.88 bits per heavy atom. The molecule has 2 nitrogen and oxygen atoms in total. The minimum Gasteiger partial charge on any atom is -0.332 e. The van der Waals surface area contributed by atoms with Gasteiger partial charge in [0.05, 0.1) is 5.92 Å². The normalized spacial score (nSPS) is 25.5. The summed E-state index contributed by atoms with van der Waals surface area (Å²) in [6, 6.07) is 0. The van der Waals surface area contributed by atoms with E-state index in [0.717, 1.165) is 0 Å². The Morgan fingerprint density at radius 2 is 2.62 bits per heavy atom. The third-order valence-corrected chi connectivity index (χ3v) is 1.09. The topological polar surface area (TPSA) is 29.1 Å². The number of carbonyl (C=O) groups is 1. The van der Waals surface area contributed by atoms with Crippen molar-refractivity contribution in [2.75, 3.05) is 0 Å². The molecule has 8 heavy (non-hydrogen) atoms. The number of nitrogens with one attached hydrogen (secondary N) is 1. The molecule has 0 saturated heterocycles. The summed E-state index contributed by atoms with van der Waals surface area (Å²) in [6.07, 6.45) is 5.02. The second kappa shape index (κ2) is 1.82. The van der Waals surface area contributed by atoms with Crippen LogP contribution < -0.4 is 5.32 Å². The van der Waals surface area contributed by atoms with E-state index in [-0.39, 0.29) is 11.8 Å². The first-order valence-electron chi connectivity index (χ1n) is 2.44. The molecule has 0 aliphatic carbocycles. The minimum atomic E-state index is -0.102. The van der Waals surface area contributed by atoms with Crippen LogP contribution in [0.4, 0.5) is 0 Å². The average Bonchev–Trinajstić information content (AvgIpc) is 2.14. The number of hydrogen-bond acceptors (Lipinski definition) is 1. The largest absolute Gasteiger partial charge is 0.332 e. The molecular weight excluding hydrogens is 102 g/mol. The molecule has 1 heterocycles. The molecule has 0 aromatic carbocycles. The van der Waals surface area contributed by atoms with Crippen LogP contribution in [0, 0.1) is 5.92 Å². The molecule has 0 radical (unpaired) electrons. The molecular formula is C6H7NO. The highest BCUT2D eigenvalue weighted by molar-refractivity contribution is 5.85. The predicted molar refractivity (Wildman–Crippen MR) is 31.0 cm³/mol. The van der Waals surface area contributed by atoms with Gasteiger partial charge < -0.3 is 5.32 Å². The van der Waals surface area contributed by atoms with Gasteiger partial charge in [0.15, 0.2) is 0 Å². The summed E-state index contributed by atoms with van der Waals surface area (Å²) >= 11 is 0. The zero-order chi connectivity index (χ0) is 5.98. The summed E-state index contributed by atoms with van der Waals surface area (Å²) in [5.41, 5.74) is 0. The Hall–Kier alpha value is -1.05. The van der Waals surface area contributed by atoms with Gasteiger partial charge >= 0.3 is 0 Å². The third-order valence-electron chi connectivity index (χ3n) is 1.09. The van der Waals surface area contributed by atoms with Gasteiger partial charge in [0.2, 0.25) is 5.91 Å². The van der Waals surface area contributed by atoms with Crippen LogP contribution in [0.2, 0.25) is 0 Å². The van der Waals surface area contributed by atoms with Crippen molar-refractivity contribution in [1.82, 2.24) is 5.32 Å². The Balaban J connectivity index is 2.66. The van der Waals surface area contributed by atoms with Crippen molar-refractivity contribution in [1.29, 1.82) is 0 Å². The molecule has 1 atom stereocenters. The first-order valence-corrected chi connectivity index (χ1v) is 2.44. The quantitative estimate of drug-likeness (QED) is 0.486. The molecule has 1 N–H and O–H groups in total. The first kappa shape index (κ1) is 5.09. The van der Waals surface area contributed by atoms with E-state index in [0.29, 0.717) is 0 Å². The van der Waals surface area contributed by atoms with Crippen molar-refractivity contribution >= 4 is 5.91 Å². The predicted octanol–water partition coefficient (Wildman–Crippen LogP) is 0.432. The molecule has 0 fully saturated rings. The van der Waals surface area contributed by atoms with Crippen molar-refractivity contribution in [2.24, 2.45) is 5.92 Å².